The van der Waals surface area contributed by atoms with Crippen LogP contribution in [-0.2, 0) is 4.79 Å². The van der Waals surface area contributed by atoms with Gasteiger partial charge in [-0.3, -0.25) is 4.79 Å². The summed E-state index contributed by atoms with van der Waals surface area (Å²) in [5.74, 6) is 0.0573. The molecule has 0 aliphatic heterocycles. The molecule has 0 N–H and O–H groups in total. The average molecular weight is 147 g/mol. The van der Waals surface area contributed by atoms with Crippen LogP contribution in [0.15, 0.2) is 10.6 Å². The van der Waals surface area contributed by atoms with Crippen molar-refractivity contribution in [1.29, 1.82) is 0 Å². The van der Waals surface area contributed by atoms with Gasteiger partial charge in [-0.2, -0.15) is 0 Å². The monoisotopic (exact) mass is 146 g/mol. The van der Waals surface area contributed by atoms with E-state index in [0.29, 0.717) is 10.6 Å². The zero-order valence-electron chi connectivity index (χ0n) is 5.99. The minimum Gasteiger partial charge on any atom is -0.295 e. The second-order valence-electron chi connectivity index (χ2n) is 1.94. The number of rotatable bonds is 2. The highest BCUT2D eigenvalue weighted by Crippen LogP contribution is 2.12. The molecule has 0 aliphatic carbocycles. The molecule has 0 amide bonds. The molecule has 0 rings (SSSR count). The van der Waals surface area contributed by atoms with E-state index in [9.17, 15) is 4.79 Å². The molecule has 0 aliphatic rings. The van der Waals surface area contributed by atoms with Crippen LogP contribution in [0.4, 0.5) is 0 Å². The van der Waals surface area contributed by atoms with Crippen LogP contribution in [0.25, 0.3) is 0 Å². The quantitative estimate of drug-likeness (QED) is 0.547. The summed E-state index contributed by atoms with van der Waals surface area (Å²) in [4.78, 5) is 10.6. The number of hydrogen-bond donors (Lipinski definition) is 0. The number of Topliss-reactive ketones (excluding diaryl/α,β-unsaturated/α-hetero) is 1. The Kier molecular flexibility index (Phi) is 3.55. The lowest BCUT2D eigenvalue weighted by atomic mass is 10.2. The average Bonchev–Trinajstić information content (AvgIpc) is 1.84. The van der Waals surface area contributed by atoms with Crippen LogP contribution in [0.2, 0.25) is 0 Å². The van der Waals surface area contributed by atoms with Crippen molar-refractivity contribution in [2.45, 2.75) is 27.2 Å². The molecule has 0 unspecified atom stereocenters. The molecule has 0 atom stereocenters. The van der Waals surface area contributed by atoms with Crippen molar-refractivity contribution in [2.75, 3.05) is 0 Å². The van der Waals surface area contributed by atoms with E-state index >= 15 is 0 Å². The minimum atomic E-state index is 0.0573. The van der Waals surface area contributed by atoms with E-state index in [1.165, 1.54) is 6.92 Å². The van der Waals surface area contributed by atoms with Crippen molar-refractivity contribution < 1.29 is 4.79 Å². The van der Waals surface area contributed by atoms with Crippen LogP contribution in [0.5, 0.6) is 0 Å². The van der Waals surface area contributed by atoms with Gasteiger partial charge in [0.2, 0.25) is 0 Å². The Labute approximate surface area is 60.7 Å². The fourth-order valence-corrected chi connectivity index (χ4v) is 0.589. The fourth-order valence-electron chi connectivity index (χ4n) is 0.456. The van der Waals surface area contributed by atoms with Crippen LogP contribution in [0, 0.1) is 0 Å². The van der Waals surface area contributed by atoms with Gasteiger partial charge in [0, 0.05) is 10.6 Å². The Hall–Kier alpha value is -0.300. The first-order valence-corrected chi connectivity index (χ1v) is 3.33. The van der Waals surface area contributed by atoms with Gasteiger partial charge in [-0.1, -0.05) is 18.5 Å². The van der Waals surface area contributed by atoms with Gasteiger partial charge in [-0.15, -0.1) is 0 Å². The van der Waals surface area contributed by atoms with E-state index in [-0.39, 0.29) is 5.78 Å². The van der Waals surface area contributed by atoms with Crippen molar-refractivity contribution in [3.05, 3.63) is 10.6 Å². The van der Waals surface area contributed by atoms with E-state index in [1.54, 1.807) is 6.92 Å². The number of allylic oxidation sites excluding steroid dienone is 2. The van der Waals surface area contributed by atoms with Gasteiger partial charge in [0.25, 0.3) is 0 Å². The summed E-state index contributed by atoms with van der Waals surface area (Å²) in [5.41, 5.74) is 0.680. The van der Waals surface area contributed by atoms with Crippen LogP contribution < -0.4 is 0 Å². The normalized spacial score (nSPS) is 12.9. The lowest BCUT2D eigenvalue weighted by Crippen LogP contribution is -1.93. The van der Waals surface area contributed by atoms with Crippen molar-refractivity contribution in [2.24, 2.45) is 0 Å². The molecule has 1 nitrogen and oxygen atoms in total. The molecule has 0 aromatic carbocycles. The molecule has 2 heteroatoms. The Morgan fingerprint density at radius 1 is 1.44 bits per heavy atom. The minimum absolute atomic E-state index is 0.0573. The second kappa shape index (κ2) is 3.67. The van der Waals surface area contributed by atoms with Gasteiger partial charge < -0.3 is 0 Å². The maximum absolute atomic E-state index is 10.6. The lowest BCUT2D eigenvalue weighted by molar-refractivity contribution is -0.113. The van der Waals surface area contributed by atoms with Crippen molar-refractivity contribution in [3.63, 3.8) is 0 Å². The largest absolute Gasteiger partial charge is 0.295 e. The molecule has 0 bridgehead atoms. The molecule has 0 aromatic rings. The number of halogens is 1. The number of carbonyl (C=O) groups is 1. The van der Waals surface area contributed by atoms with Gasteiger partial charge in [0.1, 0.15) is 0 Å². The van der Waals surface area contributed by atoms with E-state index in [4.69, 9.17) is 11.6 Å². The molecule has 52 valence electrons. The van der Waals surface area contributed by atoms with Crippen LogP contribution in [-0.4, -0.2) is 5.78 Å². The molecular formula is C7H11ClO. The molecule has 0 saturated heterocycles. The molecule has 0 spiro atoms. The Balaban J connectivity index is 4.28. The lowest BCUT2D eigenvalue weighted by Gasteiger charge is -1.96. The van der Waals surface area contributed by atoms with Crippen LogP contribution >= 0.6 is 11.6 Å². The van der Waals surface area contributed by atoms with E-state index in [0.717, 1.165) is 6.42 Å². The predicted octanol–water partition coefficient (Wildman–Crippen LogP) is 2.50. The summed E-state index contributed by atoms with van der Waals surface area (Å²) in [7, 11) is 0. The topological polar surface area (TPSA) is 17.1 Å². The first kappa shape index (κ1) is 8.70. The van der Waals surface area contributed by atoms with E-state index in [2.05, 4.69) is 0 Å². The third-order valence-electron chi connectivity index (χ3n) is 1.25. The standard InChI is InChI=1S/C7H11ClO/c1-4-7(8)5(2)6(3)9/h4H2,1-3H3/b7-5-. The molecule has 9 heavy (non-hydrogen) atoms. The number of ketones is 1. The van der Waals surface area contributed by atoms with Gasteiger partial charge in [-0.25, -0.2) is 0 Å². The van der Waals surface area contributed by atoms with Gasteiger partial charge in [-0.05, 0) is 20.3 Å². The zero-order chi connectivity index (χ0) is 7.44. The molecule has 0 saturated carbocycles. The third-order valence-corrected chi connectivity index (χ3v) is 1.80. The van der Waals surface area contributed by atoms with E-state index in [1.807, 2.05) is 6.92 Å². The predicted molar refractivity (Wildman–Crippen MR) is 39.5 cm³/mol. The summed E-state index contributed by atoms with van der Waals surface area (Å²) >= 11 is 5.67. The summed E-state index contributed by atoms with van der Waals surface area (Å²) in [6.07, 6.45) is 0.743. The van der Waals surface area contributed by atoms with Gasteiger partial charge >= 0.3 is 0 Å². The maximum atomic E-state index is 10.6. The van der Waals surface area contributed by atoms with Crippen LogP contribution in [0.1, 0.15) is 27.2 Å². The Bertz CT molecular complexity index is 147. The van der Waals surface area contributed by atoms with E-state index < -0.39 is 0 Å². The highest BCUT2D eigenvalue weighted by molar-refractivity contribution is 6.31. The van der Waals surface area contributed by atoms with Gasteiger partial charge in [0.15, 0.2) is 5.78 Å². The van der Waals surface area contributed by atoms with Gasteiger partial charge in [0.05, 0.1) is 0 Å². The Morgan fingerprint density at radius 3 is 2.00 bits per heavy atom. The second-order valence-corrected chi connectivity index (χ2v) is 2.40. The molecule has 0 radical (unpaired) electrons. The van der Waals surface area contributed by atoms with Crippen molar-refractivity contribution >= 4 is 17.4 Å². The first-order chi connectivity index (χ1) is 4.09. The number of carbonyl (C=O) groups excluding carboxylic acids is 1. The summed E-state index contributed by atoms with van der Waals surface area (Å²) in [6, 6.07) is 0. The summed E-state index contributed by atoms with van der Waals surface area (Å²) in [5, 5.41) is 0.669. The molecule has 0 heterocycles. The summed E-state index contributed by atoms with van der Waals surface area (Å²) in [6.45, 7) is 5.19. The highest BCUT2D eigenvalue weighted by atomic mass is 35.5. The van der Waals surface area contributed by atoms with Crippen molar-refractivity contribution in [1.82, 2.24) is 0 Å². The highest BCUT2D eigenvalue weighted by Gasteiger charge is 2.00. The Morgan fingerprint density at radius 2 is 1.89 bits per heavy atom. The third kappa shape index (κ3) is 2.66. The van der Waals surface area contributed by atoms with Crippen molar-refractivity contribution in [3.8, 4) is 0 Å². The molecule has 0 fully saturated rings. The van der Waals surface area contributed by atoms with Crippen LogP contribution in [0.3, 0.4) is 0 Å². The molecular weight excluding hydrogens is 136 g/mol. The SMILES string of the molecule is CC/C(Cl)=C(\C)C(C)=O. The fraction of sp³-hybridized carbons (Fsp3) is 0.571. The zero-order valence-corrected chi connectivity index (χ0v) is 6.75. The maximum Gasteiger partial charge on any atom is 0.156 e. The molecule has 0 aromatic heterocycles. The summed E-state index contributed by atoms with van der Waals surface area (Å²) < 4.78 is 0. The first-order valence-electron chi connectivity index (χ1n) is 2.95. The number of hydrogen-bond acceptors (Lipinski definition) is 1. The smallest absolute Gasteiger partial charge is 0.156 e.